The average molecular weight is 215 g/mol. The van der Waals surface area contributed by atoms with Crippen LogP contribution in [0.3, 0.4) is 0 Å². The summed E-state index contributed by atoms with van der Waals surface area (Å²) in [5.74, 6) is -0.768. The molecule has 4 nitrogen and oxygen atoms in total. The summed E-state index contributed by atoms with van der Waals surface area (Å²) in [5, 5.41) is 12.1. The molecular weight excluding hydrogens is 194 g/mol. The number of aliphatic carboxylic acids is 1. The zero-order chi connectivity index (χ0) is 11.5. The van der Waals surface area contributed by atoms with Crippen molar-refractivity contribution in [1.82, 2.24) is 5.32 Å². The molecule has 0 bridgehead atoms. The van der Waals surface area contributed by atoms with Gasteiger partial charge in [-0.15, -0.1) is 0 Å². The molecule has 0 spiro atoms. The molecule has 2 N–H and O–H groups in total. The van der Waals surface area contributed by atoms with E-state index in [1.165, 1.54) is 6.42 Å². The third kappa shape index (κ3) is 2.92. The topological polar surface area (TPSA) is 58.6 Å². The second-order valence-corrected chi connectivity index (χ2v) is 5.03. The van der Waals surface area contributed by atoms with Gasteiger partial charge in [0.05, 0.1) is 11.0 Å². The van der Waals surface area contributed by atoms with E-state index in [-0.39, 0.29) is 5.60 Å². The smallest absolute Gasteiger partial charge is 0.310 e. The van der Waals surface area contributed by atoms with Crippen molar-refractivity contribution in [2.75, 3.05) is 20.2 Å². The molecule has 0 heterocycles. The fraction of sp³-hybridized carbons (Fsp3) is 0.909. The molecule has 88 valence electrons. The van der Waals surface area contributed by atoms with Crippen molar-refractivity contribution in [1.29, 1.82) is 0 Å². The molecule has 0 saturated heterocycles. The highest BCUT2D eigenvalue weighted by Gasteiger charge is 2.37. The summed E-state index contributed by atoms with van der Waals surface area (Å²) in [7, 11) is 1.73. The first-order valence-electron chi connectivity index (χ1n) is 5.41. The van der Waals surface area contributed by atoms with Crippen LogP contribution in [0, 0.1) is 5.41 Å². The van der Waals surface area contributed by atoms with Crippen molar-refractivity contribution in [3.05, 3.63) is 0 Å². The number of hydrogen-bond acceptors (Lipinski definition) is 3. The lowest BCUT2D eigenvalue weighted by Gasteiger charge is -2.41. The largest absolute Gasteiger partial charge is 0.481 e. The van der Waals surface area contributed by atoms with Gasteiger partial charge in [0, 0.05) is 20.2 Å². The molecule has 0 aromatic rings. The summed E-state index contributed by atoms with van der Waals surface area (Å²) >= 11 is 0. The molecular formula is C11H21NO3. The van der Waals surface area contributed by atoms with Crippen LogP contribution in [0.1, 0.15) is 33.1 Å². The third-order valence-corrected chi connectivity index (χ3v) is 3.29. The molecule has 1 rings (SSSR count). The summed E-state index contributed by atoms with van der Waals surface area (Å²) in [6.45, 7) is 4.68. The Bertz CT molecular complexity index is 228. The minimum atomic E-state index is -0.768. The number of rotatable bonds is 6. The fourth-order valence-corrected chi connectivity index (χ4v) is 1.70. The van der Waals surface area contributed by atoms with Gasteiger partial charge < -0.3 is 15.2 Å². The maximum Gasteiger partial charge on any atom is 0.310 e. The summed E-state index contributed by atoms with van der Waals surface area (Å²) in [6, 6.07) is 0. The normalized spacial score (nSPS) is 19.7. The number of nitrogens with one attached hydrogen (secondary N) is 1. The Morgan fingerprint density at radius 2 is 2.13 bits per heavy atom. The van der Waals surface area contributed by atoms with Gasteiger partial charge in [0.2, 0.25) is 0 Å². The molecule has 1 aliphatic carbocycles. The average Bonchev–Trinajstić information content (AvgIpc) is 2.09. The van der Waals surface area contributed by atoms with Gasteiger partial charge in [-0.1, -0.05) is 0 Å². The summed E-state index contributed by atoms with van der Waals surface area (Å²) in [6.07, 6.45) is 3.35. The minimum absolute atomic E-state index is 0.0332. The summed E-state index contributed by atoms with van der Waals surface area (Å²) < 4.78 is 5.44. The van der Waals surface area contributed by atoms with Gasteiger partial charge in [0.25, 0.3) is 0 Å². The highest BCUT2D eigenvalue weighted by atomic mass is 16.5. The van der Waals surface area contributed by atoms with Gasteiger partial charge in [0.1, 0.15) is 0 Å². The Labute approximate surface area is 91.0 Å². The number of carbonyl (C=O) groups is 1. The van der Waals surface area contributed by atoms with Crippen molar-refractivity contribution in [3.63, 3.8) is 0 Å². The molecule has 1 saturated carbocycles. The first-order valence-corrected chi connectivity index (χ1v) is 5.41. The quantitative estimate of drug-likeness (QED) is 0.700. The molecule has 0 aromatic heterocycles. The van der Waals surface area contributed by atoms with E-state index in [1.54, 1.807) is 21.0 Å². The van der Waals surface area contributed by atoms with E-state index in [0.717, 1.165) is 19.4 Å². The number of hydrogen-bond donors (Lipinski definition) is 2. The second kappa shape index (κ2) is 4.49. The lowest BCUT2D eigenvalue weighted by Crippen LogP contribution is -2.50. The van der Waals surface area contributed by atoms with E-state index in [1.807, 2.05) is 0 Å². The molecule has 0 atom stereocenters. The molecule has 0 aliphatic heterocycles. The summed E-state index contributed by atoms with van der Waals surface area (Å²) in [4.78, 5) is 10.9. The van der Waals surface area contributed by atoms with E-state index < -0.39 is 11.4 Å². The maximum absolute atomic E-state index is 10.9. The van der Waals surface area contributed by atoms with Crippen molar-refractivity contribution >= 4 is 5.97 Å². The summed E-state index contributed by atoms with van der Waals surface area (Å²) in [5.41, 5.74) is -0.743. The molecule has 0 unspecified atom stereocenters. The van der Waals surface area contributed by atoms with Crippen LogP contribution in [-0.4, -0.2) is 36.9 Å². The second-order valence-electron chi connectivity index (χ2n) is 5.03. The maximum atomic E-state index is 10.9. The van der Waals surface area contributed by atoms with Gasteiger partial charge in [-0.3, -0.25) is 4.79 Å². The van der Waals surface area contributed by atoms with Gasteiger partial charge in [-0.2, -0.15) is 0 Å². The first-order chi connectivity index (χ1) is 6.92. The van der Waals surface area contributed by atoms with Crippen LogP contribution in [0.2, 0.25) is 0 Å². The molecule has 0 radical (unpaired) electrons. The van der Waals surface area contributed by atoms with Gasteiger partial charge >= 0.3 is 5.97 Å². The van der Waals surface area contributed by atoms with E-state index >= 15 is 0 Å². The molecule has 1 aliphatic rings. The Morgan fingerprint density at radius 1 is 1.53 bits per heavy atom. The van der Waals surface area contributed by atoms with Crippen LogP contribution in [-0.2, 0) is 9.53 Å². The van der Waals surface area contributed by atoms with E-state index in [2.05, 4.69) is 5.32 Å². The zero-order valence-corrected chi connectivity index (χ0v) is 9.80. The Hall–Kier alpha value is -0.610. The minimum Gasteiger partial charge on any atom is -0.481 e. The lowest BCUT2D eigenvalue weighted by molar-refractivity contribution is -0.147. The number of carboxylic acid groups (broad SMARTS) is 1. The third-order valence-electron chi connectivity index (χ3n) is 3.29. The predicted octanol–water partition coefficient (Wildman–Crippen LogP) is 1.26. The number of methoxy groups -OCH3 is 1. The van der Waals surface area contributed by atoms with Crippen molar-refractivity contribution < 1.29 is 14.6 Å². The van der Waals surface area contributed by atoms with E-state index in [0.29, 0.717) is 6.54 Å². The van der Waals surface area contributed by atoms with E-state index in [9.17, 15) is 4.79 Å². The van der Waals surface area contributed by atoms with Crippen molar-refractivity contribution in [3.8, 4) is 0 Å². The highest BCUT2D eigenvalue weighted by Crippen LogP contribution is 2.34. The lowest BCUT2D eigenvalue weighted by atomic mass is 9.79. The molecule has 0 aromatic carbocycles. The Kier molecular flexibility index (Phi) is 3.73. The van der Waals surface area contributed by atoms with Crippen LogP contribution < -0.4 is 5.32 Å². The van der Waals surface area contributed by atoms with Crippen molar-refractivity contribution in [2.45, 2.75) is 38.7 Å². The molecule has 0 amide bonds. The van der Waals surface area contributed by atoms with Crippen LogP contribution in [0.25, 0.3) is 0 Å². The number of ether oxygens (including phenoxy) is 1. The van der Waals surface area contributed by atoms with Gasteiger partial charge in [-0.25, -0.2) is 0 Å². The van der Waals surface area contributed by atoms with E-state index in [4.69, 9.17) is 9.84 Å². The molecule has 1 fully saturated rings. The Morgan fingerprint density at radius 3 is 2.47 bits per heavy atom. The van der Waals surface area contributed by atoms with Crippen LogP contribution in [0.15, 0.2) is 0 Å². The number of carboxylic acids is 1. The Balaban J connectivity index is 2.29. The van der Waals surface area contributed by atoms with Gasteiger partial charge in [-0.05, 0) is 33.1 Å². The SMILES string of the molecule is COC1(CNCC(C)(C)C(=O)O)CCC1. The van der Waals surface area contributed by atoms with Crippen LogP contribution >= 0.6 is 0 Å². The predicted molar refractivity (Wildman–Crippen MR) is 57.9 cm³/mol. The standard InChI is InChI=1S/C11H21NO3/c1-10(2,9(13)14)7-12-8-11(15-3)5-4-6-11/h12H,4-8H2,1-3H3,(H,13,14). The molecule has 4 heteroatoms. The van der Waals surface area contributed by atoms with Crippen LogP contribution in [0.5, 0.6) is 0 Å². The van der Waals surface area contributed by atoms with Crippen LogP contribution in [0.4, 0.5) is 0 Å². The first kappa shape index (κ1) is 12.5. The fourth-order valence-electron chi connectivity index (χ4n) is 1.70. The van der Waals surface area contributed by atoms with Gasteiger partial charge in [0.15, 0.2) is 0 Å². The molecule has 15 heavy (non-hydrogen) atoms. The monoisotopic (exact) mass is 215 g/mol. The van der Waals surface area contributed by atoms with Crippen molar-refractivity contribution in [2.24, 2.45) is 5.41 Å². The zero-order valence-electron chi connectivity index (χ0n) is 9.80. The highest BCUT2D eigenvalue weighted by molar-refractivity contribution is 5.73.